The van der Waals surface area contributed by atoms with Gasteiger partial charge in [-0.25, -0.2) is 9.97 Å². The molecule has 0 spiro atoms. The fourth-order valence-corrected chi connectivity index (χ4v) is 2.37. The number of benzene rings is 1. The van der Waals surface area contributed by atoms with Crippen LogP contribution in [0.25, 0.3) is 0 Å². The van der Waals surface area contributed by atoms with E-state index in [0.717, 1.165) is 5.56 Å². The van der Waals surface area contributed by atoms with Crippen molar-refractivity contribution >= 4 is 31.3 Å². The topological polar surface area (TPSA) is 64.1 Å². The van der Waals surface area contributed by atoms with Gasteiger partial charge < -0.3 is 5.32 Å². The molecule has 5 nitrogen and oxygen atoms in total. The zero-order valence-corrected chi connectivity index (χ0v) is 14.1. The van der Waals surface area contributed by atoms with E-state index < -0.39 is 24.9 Å². The summed E-state index contributed by atoms with van der Waals surface area (Å²) in [5.74, 6) is -0.0499. The van der Waals surface area contributed by atoms with Crippen LogP contribution in [0, 0.1) is 0 Å². The Morgan fingerprint density at radius 2 is 1.96 bits per heavy atom. The van der Waals surface area contributed by atoms with Crippen molar-refractivity contribution in [1.29, 1.82) is 0 Å². The number of alkyl halides is 3. The Bertz CT molecular complexity index is 726. The number of aromatic nitrogens is 2. The summed E-state index contributed by atoms with van der Waals surface area (Å²) in [6, 6.07) is 6.80. The van der Waals surface area contributed by atoms with Gasteiger partial charge in [0.2, 0.25) is 5.95 Å². The summed E-state index contributed by atoms with van der Waals surface area (Å²) in [7, 11) is -1.66. The highest BCUT2D eigenvalue weighted by Gasteiger charge is 2.34. The summed E-state index contributed by atoms with van der Waals surface area (Å²) in [6.45, 7) is 1.98. The van der Waals surface area contributed by atoms with Gasteiger partial charge in [0.05, 0.1) is 0 Å². The van der Waals surface area contributed by atoms with E-state index in [2.05, 4.69) is 15.3 Å². The predicted molar refractivity (Wildman–Crippen MR) is 84.7 cm³/mol. The van der Waals surface area contributed by atoms with Gasteiger partial charge in [0.15, 0.2) is 6.16 Å². The lowest BCUT2D eigenvalue weighted by atomic mass is 10.2. The Hall–Kier alpha value is -1.76. The molecule has 0 saturated heterocycles. The number of rotatable bonds is 6. The van der Waals surface area contributed by atoms with Crippen LogP contribution in [0.5, 0.6) is 0 Å². The van der Waals surface area contributed by atoms with Gasteiger partial charge in [-0.15, -0.1) is 4.52 Å². The van der Waals surface area contributed by atoms with Crippen LogP contribution in [0.3, 0.4) is 0 Å². The number of halogens is 4. The van der Waals surface area contributed by atoms with Crippen LogP contribution in [-0.2, 0) is 21.9 Å². The van der Waals surface area contributed by atoms with Gasteiger partial charge in [-0.05, 0) is 29.2 Å². The number of anilines is 2. The third-order valence-electron chi connectivity index (χ3n) is 2.89. The molecule has 0 aliphatic carbocycles. The van der Waals surface area contributed by atoms with E-state index in [1.54, 1.807) is 31.2 Å². The fourth-order valence-electron chi connectivity index (χ4n) is 1.66. The summed E-state index contributed by atoms with van der Waals surface area (Å²) in [5.41, 5.74) is 0.283. The highest BCUT2D eigenvalue weighted by Crippen LogP contribution is 2.33. The van der Waals surface area contributed by atoms with Crippen LogP contribution in [0.4, 0.5) is 24.8 Å². The first-order valence-electron chi connectivity index (χ1n) is 6.83. The fraction of sp³-hybridized carbons (Fsp3) is 0.286. The van der Waals surface area contributed by atoms with E-state index in [9.17, 15) is 17.7 Å². The number of hydrogen-bond donors (Lipinski definition) is 1. The highest BCUT2D eigenvalue weighted by atomic mass is 35.5. The smallest absolute Gasteiger partial charge is 0.324 e. The molecule has 0 aliphatic heterocycles. The predicted octanol–water partition coefficient (Wildman–Crippen LogP) is 5.17. The Morgan fingerprint density at radius 3 is 2.50 bits per heavy atom. The molecule has 128 valence electrons. The molecular formula is C14H13ClF3N3O2P+. The van der Waals surface area contributed by atoms with Gasteiger partial charge in [0, 0.05) is 11.9 Å². The monoisotopic (exact) mass is 378 g/mol. The molecule has 1 unspecified atom stereocenters. The zero-order chi connectivity index (χ0) is 17.7. The molecule has 0 saturated carbocycles. The summed E-state index contributed by atoms with van der Waals surface area (Å²) in [4.78, 5) is 7.19. The number of nitrogens with one attached hydrogen (secondary N) is 1. The van der Waals surface area contributed by atoms with E-state index in [4.69, 9.17) is 16.1 Å². The lowest BCUT2D eigenvalue weighted by molar-refractivity contribution is -0.137. The van der Waals surface area contributed by atoms with Crippen LogP contribution < -0.4 is 5.32 Å². The minimum Gasteiger partial charge on any atom is -0.324 e. The molecule has 0 aliphatic rings. The molecule has 1 N–H and O–H groups in total. The van der Waals surface area contributed by atoms with Crippen LogP contribution >= 0.6 is 19.6 Å². The summed E-state index contributed by atoms with van der Waals surface area (Å²) in [6.07, 6.45) is -3.53. The molecular weight excluding hydrogens is 366 g/mol. The third-order valence-corrected chi connectivity index (χ3v) is 4.11. The van der Waals surface area contributed by atoms with Crippen LogP contribution in [-0.4, -0.2) is 16.1 Å². The molecule has 24 heavy (non-hydrogen) atoms. The second kappa shape index (κ2) is 7.88. The van der Waals surface area contributed by atoms with Crippen LogP contribution in [0.2, 0.25) is 5.15 Å². The van der Waals surface area contributed by atoms with Crippen molar-refractivity contribution < 1.29 is 22.3 Å². The largest absolute Gasteiger partial charge is 0.508 e. The molecule has 0 amide bonds. The molecule has 1 aromatic heterocycles. The summed E-state index contributed by atoms with van der Waals surface area (Å²) in [5, 5.41) is 2.08. The lowest BCUT2D eigenvalue weighted by Crippen LogP contribution is -2.09. The maximum atomic E-state index is 12.6. The van der Waals surface area contributed by atoms with E-state index in [1.807, 2.05) is 0 Å². The second-order valence-electron chi connectivity index (χ2n) is 4.64. The van der Waals surface area contributed by atoms with Crippen molar-refractivity contribution in [3.8, 4) is 0 Å². The number of nitrogens with zero attached hydrogens (tertiary/aromatic N) is 2. The van der Waals surface area contributed by atoms with Crippen molar-refractivity contribution in [3.63, 3.8) is 0 Å². The van der Waals surface area contributed by atoms with Gasteiger partial charge in [-0.1, -0.05) is 23.7 Å². The first-order valence-corrected chi connectivity index (χ1v) is 8.57. The van der Waals surface area contributed by atoms with E-state index >= 15 is 0 Å². The molecule has 0 fully saturated rings. The highest BCUT2D eigenvalue weighted by molar-refractivity contribution is 7.39. The van der Waals surface area contributed by atoms with Gasteiger partial charge in [-0.3, -0.25) is 0 Å². The molecule has 1 atom stereocenters. The second-order valence-corrected chi connectivity index (χ2v) is 6.55. The molecule has 2 aromatic rings. The van der Waals surface area contributed by atoms with Crippen molar-refractivity contribution in [2.45, 2.75) is 19.7 Å². The number of hydrogen-bond acceptors (Lipinski definition) is 5. The minimum atomic E-state index is -4.60. The summed E-state index contributed by atoms with van der Waals surface area (Å²) < 4.78 is 54.1. The van der Waals surface area contributed by atoms with Crippen molar-refractivity contribution in [3.05, 3.63) is 46.7 Å². The first kappa shape index (κ1) is 18.6. The quantitative estimate of drug-likeness (QED) is 0.555. The average Bonchev–Trinajstić information content (AvgIpc) is 2.52. The summed E-state index contributed by atoms with van der Waals surface area (Å²) >= 11 is 5.53. The first-order chi connectivity index (χ1) is 11.3. The Morgan fingerprint density at radius 1 is 1.29 bits per heavy atom. The SMILES string of the molecule is CC[P+](=O)OCc1ccc(Nc2ncc(C(F)(F)F)c(Cl)n2)cc1. The van der Waals surface area contributed by atoms with Gasteiger partial charge in [-0.2, -0.15) is 13.2 Å². The molecule has 10 heteroatoms. The zero-order valence-electron chi connectivity index (χ0n) is 12.5. The van der Waals surface area contributed by atoms with Gasteiger partial charge in [0.1, 0.15) is 17.3 Å². The van der Waals surface area contributed by atoms with Gasteiger partial charge in [0.25, 0.3) is 0 Å². The maximum absolute atomic E-state index is 12.6. The molecule has 0 bridgehead atoms. The third kappa shape index (κ3) is 5.12. The Kier molecular flexibility index (Phi) is 6.10. The van der Waals surface area contributed by atoms with E-state index in [1.165, 1.54) is 0 Å². The standard InChI is InChI=1S/C14H13ClF3N3O2P/c1-2-24(22)23-8-9-3-5-10(6-4-9)20-13-19-7-11(12(15)21-13)14(16,17)18/h3-7H,2,8H2,1H3,(H,19,20,21)/q+1. The molecule has 1 heterocycles. The minimum absolute atomic E-state index is 0.0499. The molecule has 2 rings (SSSR count). The van der Waals surface area contributed by atoms with E-state index in [-0.39, 0.29) is 12.6 Å². The van der Waals surface area contributed by atoms with Crippen molar-refractivity contribution in [1.82, 2.24) is 9.97 Å². The van der Waals surface area contributed by atoms with Crippen LogP contribution in [0.15, 0.2) is 30.5 Å². The Balaban J connectivity index is 2.04. The maximum Gasteiger partial charge on any atom is 0.508 e. The van der Waals surface area contributed by atoms with Crippen molar-refractivity contribution in [2.75, 3.05) is 11.5 Å². The van der Waals surface area contributed by atoms with Crippen LogP contribution in [0.1, 0.15) is 18.1 Å². The normalized spacial score (nSPS) is 12.1. The van der Waals surface area contributed by atoms with Gasteiger partial charge >= 0.3 is 14.2 Å². The molecule has 1 aromatic carbocycles. The van der Waals surface area contributed by atoms with E-state index in [0.29, 0.717) is 18.0 Å². The van der Waals surface area contributed by atoms with Crippen molar-refractivity contribution in [2.24, 2.45) is 0 Å². The Labute approximate surface area is 142 Å². The average molecular weight is 379 g/mol. The molecule has 0 radical (unpaired) electrons. The lowest BCUT2D eigenvalue weighted by Gasteiger charge is -2.10.